The molecule has 1 rings (SSSR count). The fourth-order valence-electron chi connectivity index (χ4n) is 0.492. The summed E-state index contributed by atoms with van der Waals surface area (Å²) in [5, 5.41) is 4.85. The molecule has 1 aliphatic heterocycles. The van der Waals surface area contributed by atoms with Gasteiger partial charge in [-0.15, -0.1) is 0 Å². The fraction of sp³-hybridized carbons (Fsp3) is 0.500. The van der Waals surface area contributed by atoms with Gasteiger partial charge in [-0.05, 0) is 0 Å². The molecular weight excluding hydrogens is 196 g/mol. The van der Waals surface area contributed by atoms with E-state index in [9.17, 15) is 9.59 Å². The number of hydrogen-bond donors (Lipinski definition) is 2. The minimum atomic E-state index is -0.472. The summed E-state index contributed by atoms with van der Waals surface area (Å²) < 4.78 is 9.36. The van der Waals surface area contributed by atoms with Crippen LogP contribution in [-0.4, -0.2) is 44.0 Å². The average Bonchev–Trinajstić information content (AvgIpc) is 2.06. The van der Waals surface area contributed by atoms with Crippen LogP contribution in [0.3, 0.4) is 0 Å². The van der Waals surface area contributed by atoms with Crippen LogP contribution in [0.5, 0.6) is 0 Å². The first kappa shape index (κ1) is 9.06. The summed E-state index contributed by atoms with van der Waals surface area (Å²) in [6.45, 7) is 0. The van der Waals surface area contributed by atoms with E-state index in [1.807, 2.05) is 0 Å². The Hall–Kier alpha value is -1.03. The van der Waals surface area contributed by atoms with Gasteiger partial charge in [-0.25, -0.2) is 9.59 Å². The molecule has 0 spiro atoms. The highest BCUT2D eigenvalue weighted by atomic mass is 28.2. The van der Waals surface area contributed by atoms with E-state index in [1.54, 1.807) is 0 Å². The third-order valence-electron chi connectivity index (χ3n) is 0.940. The van der Waals surface area contributed by atoms with Crippen molar-refractivity contribution in [2.45, 2.75) is 0 Å². The predicted molar refractivity (Wildman–Crippen MR) is 40.5 cm³/mol. The Morgan fingerprint density at radius 2 is 1.42 bits per heavy atom. The second-order valence-electron chi connectivity index (χ2n) is 1.77. The second kappa shape index (κ2) is 4.77. The monoisotopic (exact) mass is 202 g/mol. The molecule has 2 N–H and O–H groups in total. The summed E-state index contributed by atoms with van der Waals surface area (Å²) in [5.41, 5.74) is 0. The lowest BCUT2D eigenvalue weighted by Gasteiger charge is -2.09. The van der Waals surface area contributed by atoms with E-state index in [1.165, 1.54) is 0 Å². The lowest BCUT2D eigenvalue weighted by molar-refractivity contribution is 0.195. The van der Waals surface area contributed by atoms with Crippen molar-refractivity contribution in [3.8, 4) is 0 Å². The molecular formula is C4H6N2O4Si2. The third kappa shape index (κ3) is 3.39. The number of carbonyl (C=O) groups is 2. The Balaban J connectivity index is 2.29. The van der Waals surface area contributed by atoms with Crippen molar-refractivity contribution in [1.29, 1.82) is 0 Å². The van der Waals surface area contributed by atoms with E-state index >= 15 is 0 Å². The maximum atomic E-state index is 10.7. The van der Waals surface area contributed by atoms with Crippen molar-refractivity contribution in [3.63, 3.8) is 0 Å². The van der Waals surface area contributed by atoms with Crippen LogP contribution >= 0.6 is 0 Å². The summed E-state index contributed by atoms with van der Waals surface area (Å²) in [7, 11) is -0.144. The van der Waals surface area contributed by atoms with Gasteiger partial charge >= 0.3 is 31.7 Å². The standard InChI is InChI=1S/C4H6N2O4Si2/c7-3-5-1-11-9-4(8)6-2-12-10-3/h1-2H2,(H,5,7)(H,6,8). The van der Waals surface area contributed by atoms with Crippen LogP contribution in [0.1, 0.15) is 0 Å². The summed E-state index contributed by atoms with van der Waals surface area (Å²) in [5.74, 6) is 0. The molecule has 8 heteroatoms. The minimum absolute atomic E-state index is 0.0718. The number of rotatable bonds is 0. The quantitative estimate of drug-likeness (QED) is 0.474. The van der Waals surface area contributed by atoms with Gasteiger partial charge in [0.1, 0.15) is 0 Å². The van der Waals surface area contributed by atoms with Crippen molar-refractivity contribution in [3.05, 3.63) is 0 Å². The maximum absolute atomic E-state index is 10.7. The third-order valence-corrected chi connectivity index (χ3v) is 2.24. The Labute approximate surface area is 73.9 Å². The van der Waals surface area contributed by atoms with E-state index in [2.05, 4.69) is 19.5 Å². The molecule has 0 aromatic carbocycles. The van der Waals surface area contributed by atoms with Crippen LogP contribution in [0.25, 0.3) is 0 Å². The van der Waals surface area contributed by atoms with Gasteiger partial charge < -0.3 is 19.5 Å². The van der Waals surface area contributed by atoms with Crippen LogP contribution in [-0.2, 0) is 8.85 Å². The number of carbonyl (C=O) groups excluding carboxylic acids is 2. The molecule has 1 heterocycles. The van der Waals surface area contributed by atoms with Crippen molar-refractivity contribution >= 4 is 31.7 Å². The second-order valence-corrected chi connectivity index (χ2v) is 3.47. The average molecular weight is 202 g/mol. The molecule has 0 atom stereocenters. The first-order valence-corrected chi connectivity index (χ1v) is 5.37. The van der Waals surface area contributed by atoms with Crippen molar-refractivity contribution in [2.24, 2.45) is 0 Å². The van der Waals surface area contributed by atoms with E-state index in [-0.39, 0.29) is 19.5 Å². The number of nitrogens with one attached hydrogen (secondary N) is 2. The molecule has 6 nitrogen and oxygen atoms in total. The van der Waals surface area contributed by atoms with E-state index in [4.69, 9.17) is 0 Å². The summed E-state index contributed by atoms with van der Waals surface area (Å²) in [4.78, 5) is 21.4. The Kier molecular flexibility index (Phi) is 3.60. The first-order valence-electron chi connectivity index (χ1n) is 3.14. The van der Waals surface area contributed by atoms with Gasteiger partial charge in [0.15, 0.2) is 0 Å². The summed E-state index contributed by atoms with van der Waals surface area (Å²) in [6.07, 6.45) is -0.339. The molecule has 2 amide bonds. The highest BCUT2D eigenvalue weighted by Crippen LogP contribution is 1.79. The molecule has 64 valence electrons. The summed E-state index contributed by atoms with van der Waals surface area (Å²) >= 11 is 0. The molecule has 0 saturated carbocycles. The van der Waals surface area contributed by atoms with Gasteiger partial charge in [-0.1, -0.05) is 0 Å². The van der Waals surface area contributed by atoms with Crippen molar-refractivity contribution in [2.75, 3.05) is 12.3 Å². The topological polar surface area (TPSA) is 76.7 Å². The molecule has 4 radical (unpaired) electrons. The van der Waals surface area contributed by atoms with Gasteiger partial charge in [0.25, 0.3) is 0 Å². The molecule has 1 fully saturated rings. The maximum Gasteiger partial charge on any atom is 0.393 e. The van der Waals surface area contributed by atoms with Crippen LogP contribution < -0.4 is 10.6 Å². The highest BCUT2D eigenvalue weighted by Gasteiger charge is 2.09. The number of amides is 2. The van der Waals surface area contributed by atoms with Crippen LogP contribution in [0, 0.1) is 0 Å². The Bertz CT molecular complexity index is 152. The van der Waals surface area contributed by atoms with Crippen LogP contribution in [0.15, 0.2) is 0 Å². The fourth-order valence-corrected chi connectivity index (χ4v) is 1.48. The van der Waals surface area contributed by atoms with Crippen LogP contribution in [0.2, 0.25) is 0 Å². The molecule has 12 heavy (non-hydrogen) atoms. The zero-order chi connectivity index (χ0) is 8.81. The Morgan fingerprint density at radius 3 is 1.83 bits per heavy atom. The lowest BCUT2D eigenvalue weighted by Crippen LogP contribution is -2.39. The highest BCUT2D eigenvalue weighted by molar-refractivity contribution is 6.34. The minimum Gasteiger partial charge on any atom is -0.499 e. The molecule has 0 aliphatic carbocycles. The smallest absolute Gasteiger partial charge is 0.393 e. The van der Waals surface area contributed by atoms with Crippen molar-refractivity contribution in [1.82, 2.24) is 10.6 Å². The number of hydrogen-bond acceptors (Lipinski definition) is 4. The van der Waals surface area contributed by atoms with Gasteiger partial charge in [0.2, 0.25) is 0 Å². The van der Waals surface area contributed by atoms with E-state index in [0.717, 1.165) is 0 Å². The molecule has 0 unspecified atom stereocenters. The molecule has 1 aliphatic rings. The van der Waals surface area contributed by atoms with Gasteiger partial charge in [-0.3, -0.25) is 0 Å². The molecule has 1 saturated heterocycles. The van der Waals surface area contributed by atoms with Crippen LogP contribution in [0.4, 0.5) is 9.59 Å². The zero-order valence-electron chi connectivity index (χ0n) is 6.05. The molecule has 0 bridgehead atoms. The summed E-state index contributed by atoms with van der Waals surface area (Å²) in [6, 6.07) is 0. The SMILES string of the molecule is O=C1NC[Si]OC(=O)NC[Si]O1. The van der Waals surface area contributed by atoms with Gasteiger partial charge in [0, 0.05) is 0 Å². The predicted octanol–water partition coefficient (Wildman–Crippen LogP) is -1.39. The molecule has 0 aromatic heterocycles. The van der Waals surface area contributed by atoms with E-state index in [0.29, 0.717) is 12.3 Å². The first-order chi connectivity index (χ1) is 5.79. The Morgan fingerprint density at radius 1 is 1.00 bits per heavy atom. The lowest BCUT2D eigenvalue weighted by atomic mass is 11.1. The zero-order valence-corrected chi connectivity index (χ0v) is 8.05. The van der Waals surface area contributed by atoms with Gasteiger partial charge in [0.05, 0.1) is 12.3 Å². The normalized spacial score (nSPS) is 19.7. The van der Waals surface area contributed by atoms with E-state index < -0.39 is 12.2 Å². The largest absolute Gasteiger partial charge is 0.499 e. The molecule has 0 aromatic rings. The van der Waals surface area contributed by atoms with Crippen molar-refractivity contribution < 1.29 is 18.4 Å². The van der Waals surface area contributed by atoms with Gasteiger partial charge in [-0.2, -0.15) is 0 Å².